The zero-order valence-corrected chi connectivity index (χ0v) is 11.5. The van der Waals surface area contributed by atoms with Crippen LogP contribution in [0.3, 0.4) is 0 Å². The van der Waals surface area contributed by atoms with E-state index in [1.165, 1.54) is 18.3 Å². The number of rotatable bonds is 3. The lowest BCUT2D eigenvalue weighted by Crippen LogP contribution is -2.13. The van der Waals surface area contributed by atoms with E-state index in [-0.39, 0.29) is 11.7 Å². The van der Waals surface area contributed by atoms with Gasteiger partial charge in [-0.1, -0.05) is 0 Å². The Morgan fingerprint density at radius 2 is 1.95 bits per heavy atom. The fourth-order valence-corrected chi connectivity index (χ4v) is 2.92. The Kier molecular flexibility index (Phi) is 2.98. The number of anilines is 1. The maximum absolute atomic E-state index is 12.3. The molecule has 0 amide bonds. The predicted octanol–water partition coefficient (Wildman–Crippen LogP) is 1.92. The number of pyridine rings is 1. The minimum absolute atomic E-state index is 0.105. The number of sulfonamides is 1. The van der Waals surface area contributed by atoms with Crippen molar-refractivity contribution < 1.29 is 17.9 Å². The fourth-order valence-electron chi connectivity index (χ4n) is 1.87. The van der Waals surface area contributed by atoms with Crippen LogP contribution < -0.4 is 14.2 Å². The Hall–Kier alpha value is -2.28. The Bertz CT molecular complexity index is 759. The first-order chi connectivity index (χ1) is 9.54. The van der Waals surface area contributed by atoms with Gasteiger partial charge in [0, 0.05) is 12.3 Å². The number of hydrogen-bond donors (Lipinski definition) is 1. The van der Waals surface area contributed by atoms with Gasteiger partial charge in [0.1, 0.15) is 0 Å². The van der Waals surface area contributed by atoms with Crippen LogP contribution in [0.25, 0.3) is 0 Å². The van der Waals surface area contributed by atoms with E-state index in [1.54, 1.807) is 18.3 Å². The molecule has 6 nitrogen and oxygen atoms in total. The molecule has 1 N–H and O–H groups in total. The molecule has 2 aromatic rings. The van der Waals surface area contributed by atoms with Crippen LogP contribution in [0.5, 0.6) is 11.5 Å². The van der Waals surface area contributed by atoms with Crippen LogP contribution in [-0.2, 0) is 10.0 Å². The highest BCUT2D eigenvalue weighted by atomic mass is 32.2. The lowest BCUT2D eigenvalue weighted by atomic mass is 10.3. The summed E-state index contributed by atoms with van der Waals surface area (Å²) >= 11 is 0. The second-order valence-corrected chi connectivity index (χ2v) is 6.05. The van der Waals surface area contributed by atoms with Gasteiger partial charge in [0.05, 0.1) is 16.8 Å². The van der Waals surface area contributed by atoms with Crippen LogP contribution in [0.15, 0.2) is 41.6 Å². The molecule has 3 rings (SSSR count). The van der Waals surface area contributed by atoms with Crippen LogP contribution in [0.2, 0.25) is 0 Å². The molecule has 104 valence electrons. The lowest BCUT2D eigenvalue weighted by molar-refractivity contribution is 0.174. The summed E-state index contributed by atoms with van der Waals surface area (Å²) in [4.78, 5) is 4.06. The Balaban J connectivity index is 1.92. The number of benzene rings is 1. The second-order valence-electron chi connectivity index (χ2n) is 4.37. The number of nitrogens with zero attached hydrogens (tertiary/aromatic N) is 1. The average Bonchev–Trinajstić information content (AvgIpc) is 2.85. The third-order valence-corrected chi connectivity index (χ3v) is 4.16. The maximum Gasteiger partial charge on any atom is 0.262 e. The van der Waals surface area contributed by atoms with E-state index in [9.17, 15) is 8.42 Å². The van der Waals surface area contributed by atoms with E-state index in [4.69, 9.17) is 9.47 Å². The summed E-state index contributed by atoms with van der Waals surface area (Å²) in [6.45, 7) is 1.94. The van der Waals surface area contributed by atoms with Gasteiger partial charge in [0.15, 0.2) is 11.5 Å². The van der Waals surface area contributed by atoms with E-state index in [2.05, 4.69) is 9.71 Å². The summed E-state index contributed by atoms with van der Waals surface area (Å²) in [7, 11) is -3.68. The molecule has 1 aromatic heterocycles. The number of hydrogen-bond acceptors (Lipinski definition) is 5. The Morgan fingerprint density at radius 1 is 1.15 bits per heavy atom. The van der Waals surface area contributed by atoms with Gasteiger partial charge in [0.2, 0.25) is 6.79 Å². The molecule has 0 atom stereocenters. The molecule has 1 aliphatic rings. The highest BCUT2D eigenvalue weighted by Crippen LogP contribution is 2.34. The summed E-state index contributed by atoms with van der Waals surface area (Å²) in [6, 6.07) is 6.19. The van der Waals surface area contributed by atoms with Crippen molar-refractivity contribution in [1.29, 1.82) is 0 Å². The van der Waals surface area contributed by atoms with Crippen molar-refractivity contribution in [1.82, 2.24) is 4.98 Å². The summed E-state index contributed by atoms with van der Waals surface area (Å²) in [5.41, 5.74) is 1.29. The predicted molar refractivity (Wildman–Crippen MR) is 72.3 cm³/mol. The molecule has 0 bridgehead atoms. The number of aromatic nitrogens is 1. The number of nitrogens with one attached hydrogen (secondary N) is 1. The molecule has 2 heterocycles. The van der Waals surface area contributed by atoms with Crippen molar-refractivity contribution in [3.05, 3.63) is 42.2 Å². The standard InChI is InChI=1S/C13H12N2O4S/c1-9-4-10(7-14-6-9)15-20(16,17)11-2-3-12-13(5-11)19-8-18-12/h2-7,15H,8H2,1H3. The van der Waals surface area contributed by atoms with Crippen molar-refractivity contribution in [2.24, 2.45) is 0 Å². The minimum Gasteiger partial charge on any atom is -0.454 e. The first kappa shape index (κ1) is 12.7. The topological polar surface area (TPSA) is 77.5 Å². The SMILES string of the molecule is Cc1cncc(NS(=O)(=O)c2ccc3c(c2)OCO3)c1. The quantitative estimate of drug-likeness (QED) is 0.935. The molecule has 7 heteroatoms. The number of ether oxygens (including phenoxy) is 2. The van der Waals surface area contributed by atoms with E-state index in [1.807, 2.05) is 6.92 Å². The molecular formula is C13H12N2O4S. The van der Waals surface area contributed by atoms with Crippen LogP contribution in [-0.4, -0.2) is 20.2 Å². The first-order valence-corrected chi connectivity index (χ1v) is 7.37. The average molecular weight is 292 g/mol. The summed E-state index contributed by atoms with van der Waals surface area (Å²) in [6.07, 6.45) is 3.11. The Labute approximate surface area is 116 Å². The maximum atomic E-state index is 12.3. The normalized spacial score (nSPS) is 13.2. The fraction of sp³-hybridized carbons (Fsp3) is 0.154. The monoisotopic (exact) mass is 292 g/mol. The van der Waals surface area contributed by atoms with Gasteiger partial charge in [0.25, 0.3) is 10.0 Å². The van der Waals surface area contributed by atoms with E-state index < -0.39 is 10.0 Å². The van der Waals surface area contributed by atoms with E-state index >= 15 is 0 Å². The molecule has 1 aromatic carbocycles. The third-order valence-electron chi connectivity index (χ3n) is 2.78. The smallest absolute Gasteiger partial charge is 0.262 e. The highest BCUT2D eigenvalue weighted by molar-refractivity contribution is 7.92. The molecule has 0 saturated carbocycles. The summed E-state index contributed by atoms with van der Waals surface area (Å²) in [5.74, 6) is 0.969. The van der Waals surface area contributed by atoms with Crippen LogP contribution in [0.1, 0.15) is 5.56 Å². The van der Waals surface area contributed by atoms with Gasteiger partial charge in [-0.05, 0) is 30.7 Å². The lowest BCUT2D eigenvalue weighted by Gasteiger charge is -2.08. The molecule has 1 aliphatic heterocycles. The molecule has 0 spiro atoms. The van der Waals surface area contributed by atoms with Crippen molar-refractivity contribution in [3.63, 3.8) is 0 Å². The third kappa shape index (κ3) is 2.39. The van der Waals surface area contributed by atoms with Crippen LogP contribution in [0.4, 0.5) is 5.69 Å². The zero-order chi connectivity index (χ0) is 14.2. The van der Waals surface area contributed by atoms with Gasteiger partial charge in [-0.2, -0.15) is 0 Å². The molecular weight excluding hydrogens is 280 g/mol. The number of aryl methyl sites for hydroxylation is 1. The summed E-state index contributed by atoms with van der Waals surface area (Å²) in [5, 5.41) is 0. The van der Waals surface area contributed by atoms with E-state index in [0.717, 1.165) is 5.56 Å². The molecule has 0 radical (unpaired) electrons. The molecule has 0 aliphatic carbocycles. The molecule has 0 saturated heterocycles. The van der Waals surface area contributed by atoms with Gasteiger partial charge in [-0.15, -0.1) is 0 Å². The van der Waals surface area contributed by atoms with Gasteiger partial charge in [-0.25, -0.2) is 8.42 Å². The summed E-state index contributed by atoms with van der Waals surface area (Å²) < 4.78 is 37.4. The van der Waals surface area contributed by atoms with Gasteiger partial charge in [-0.3, -0.25) is 9.71 Å². The van der Waals surface area contributed by atoms with Crippen molar-refractivity contribution in [2.45, 2.75) is 11.8 Å². The van der Waals surface area contributed by atoms with Crippen molar-refractivity contribution in [3.8, 4) is 11.5 Å². The first-order valence-electron chi connectivity index (χ1n) is 5.89. The van der Waals surface area contributed by atoms with Gasteiger partial charge >= 0.3 is 0 Å². The molecule has 20 heavy (non-hydrogen) atoms. The van der Waals surface area contributed by atoms with Crippen molar-refractivity contribution in [2.75, 3.05) is 11.5 Å². The molecule has 0 unspecified atom stereocenters. The van der Waals surface area contributed by atoms with Crippen molar-refractivity contribution >= 4 is 15.7 Å². The minimum atomic E-state index is -3.68. The highest BCUT2D eigenvalue weighted by Gasteiger charge is 2.20. The van der Waals surface area contributed by atoms with Crippen LogP contribution in [0, 0.1) is 6.92 Å². The second kappa shape index (κ2) is 4.68. The van der Waals surface area contributed by atoms with Gasteiger partial charge < -0.3 is 9.47 Å². The molecule has 0 fully saturated rings. The van der Waals surface area contributed by atoms with E-state index in [0.29, 0.717) is 17.2 Å². The largest absolute Gasteiger partial charge is 0.454 e. The zero-order valence-electron chi connectivity index (χ0n) is 10.7. The Morgan fingerprint density at radius 3 is 2.75 bits per heavy atom. The van der Waals surface area contributed by atoms with Crippen LogP contribution >= 0.6 is 0 Å². The number of fused-ring (bicyclic) bond motifs is 1.